The molecule has 90 valence electrons. The molecule has 0 saturated carbocycles. The third kappa shape index (κ3) is 2.69. The molecule has 1 aromatic rings. The number of hydrogen-bond donors (Lipinski definition) is 1. The molecule has 0 radical (unpaired) electrons. The van der Waals surface area contributed by atoms with E-state index in [2.05, 4.69) is 60.3 Å². The molecule has 1 aliphatic rings. The number of nitrogens with one attached hydrogen (secondary N) is 1. The minimum absolute atomic E-state index is 0.185. The summed E-state index contributed by atoms with van der Waals surface area (Å²) >= 11 is 0. The molecule has 3 atom stereocenters. The maximum Gasteiger partial charge on any atom is 0.0689 e. The average molecular weight is 228 g/mol. The summed E-state index contributed by atoms with van der Waals surface area (Å²) in [6.45, 7) is 6.29. The Morgan fingerprint density at radius 3 is 2.76 bits per heavy atom. The van der Waals surface area contributed by atoms with Crippen LogP contribution in [0.5, 0.6) is 0 Å². The Balaban J connectivity index is 2.22. The zero-order valence-electron chi connectivity index (χ0n) is 10.6. The lowest BCUT2D eigenvalue weighted by Crippen LogP contribution is -2.53. The zero-order chi connectivity index (χ0) is 12.3. The standard InChI is InChI=1S/C15H20N2/c1-4-13(3)17-11-12(2)16-10-15(17)14-8-6-5-7-9-14/h1,5-9,12-13,15-16H,10-11H2,2-3H3. The van der Waals surface area contributed by atoms with Gasteiger partial charge in [0.25, 0.3) is 0 Å². The van der Waals surface area contributed by atoms with Gasteiger partial charge in [0.05, 0.1) is 6.04 Å². The van der Waals surface area contributed by atoms with Crippen LogP contribution in [0, 0.1) is 12.3 Å². The molecule has 0 spiro atoms. The normalized spacial score (nSPS) is 27.4. The van der Waals surface area contributed by atoms with E-state index >= 15 is 0 Å². The highest BCUT2D eigenvalue weighted by atomic mass is 15.2. The van der Waals surface area contributed by atoms with E-state index in [4.69, 9.17) is 6.42 Å². The molecule has 1 saturated heterocycles. The molecule has 0 amide bonds. The number of nitrogens with zero attached hydrogens (tertiary/aromatic N) is 1. The van der Waals surface area contributed by atoms with Crippen LogP contribution in [-0.4, -0.2) is 30.1 Å². The van der Waals surface area contributed by atoms with Crippen molar-refractivity contribution in [2.45, 2.75) is 32.0 Å². The smallest absolute Gasteiger partial charge is 0.0689 e. The van der Waals surface area contributed by atoms with Crippen molar-refractivity contribution in [3.8, 4) is 12.3 Å². The second-order valence-corrected chi connectivity index (χ2v) is 4.78. The van der Waals surface area contributed by atoms with E-state index in [0.29, 0.717) is 12.1 Å². The SMILES string of the molecule is C#CC(C)N1CC(C)NCC1c1ccccc1. The van der Waals surface area contributed by atoms with Crippen LogP contribution in [0.2, 0.25) is 0 Å². The first kappa shape index (κ1) is 12.2. The number of hydrogen-bond acceptors (Lipinski definition) is 2. The predicted octanol–water partition coefficient (Wildman–Crippen LogP) is 2.04. The first-order chi connectivity index (χ1) is 8.22. The van der Waals surface area contributed by atoms with E-state index < -0.39 is 0 Å². The fourth-order valence-electron chi connectivity index (χ4n) is 2.45. The molecule has 2 heteroatoms. The van der Waals surface area contributed by atoms with Crippen molar-refractivity contribution in [3.05, 3.63) is 35.9 Å². The topological polar surface area (TPSA) is 15.3 Å². The van der Waals surface area contributed by atoms with Crippen LogP contribution in [0.3, 0.4) is 0 Å². The van der Waals surface area contributed by atoms with Crippen molar-refractivity contribution in [2.24, 2.45) is 0 Å². The second kappa shape index (κ2) is 5.35. The van der Waals surface area contributed by atoms with Crippen molar-refractivity contribution >= 4 is 0 Å². The van der Waals surface area contributed by atoms with Gasteiger partial charge >= 0.3 is 0 Å². The van der Waals surface area contributed by atoms with Gasteiger partial charge in [-0.25, -0.2) is 0 Å². The van der Waals surface area contributed by atoms with Gasteiger partial charge in [-0.1, -0.05) is 36.3 Å². The van der Waals surface area contributed by atoms with Crippen molar-refractivity contribution in [3.63, 3.8) is 0 Å². The zero-order valence-corrected chi connectivity index (χ0v) is 10.6. The van der Waals surface area contributed by atoms with Crippen LogP contribution in [0.4, 0.5) is 0 Å². The summed E-state index contributed by atoms with van der Waals surface area (Å²) in [5.74, 6) is 2.85. The van der Waals surface area contributed by atoms with Crippen molar-refractivity contribution in [1.82, 2.24) is 10.2 Å². The van der Waals surface area contributed by atoms with Crippen LogP contribution in [0.15, 0.2) is 30.3 Å². The molecule has 0 bridgehead atoms. The van der Waals surface area contributed by atoms with E-state index in [1.165, 1.54) is 5.56 Å². The van der Waals surface area contributed by atoms with Crippen LogP contribution < -0.4 is 5.32 Å². The maximum absolute atomic E-state index is 5.58. The molecule has 2 rings (SSSR count). The summed E-state index contributed by atoms with van der Waals surface area (Å²) in [5.41, 5.74) is 1.34. The number of piperazine rings is 1. The van der Waals surface area contributed by atoms with Crippen molar-refractivity contribution < 1.29 is 0 Å². The van der Waals surface area contributed by atoms with Crippen molar-refractivity contribution in [2.75, 3.05) is 13.1 Å². The van der Waals surface area contributed by atoms with Crippen molar-refractivity contribution in [1.29, 1.82) is 0 Å². The number of benzene rings is 1. The summed E-state index contributed by atoms with van der Waals surface area (Å²) in [7, 11) is 0. The molecule has 1 aliphatic heterocycles. The van der Waals surface area contributed by atoms with Gasteiger partial charge in [0, 0.05) is 25.2 Å². The molecular formula is C15H20N2. The Labute approximate surface area is 104 Å². The first-order valence-corrected chi connectivity index (χ1v) is 6.22. The highest BCUT2D eigenvalue weighted by Crippen LogP contribution is 2.25. The van der Waals surface area contributed by atoms with Crippen LogP contribution in [-0.2, 0) is 0 Å². The lowest BCUT2D eigenvalue weighted by molar-refractivity contribution is 0.117. The lowest BCUT2D eigenvalue weighted by atomic mass is 9.99. The van der Waals surface area contributed by atoms with Crippen LogP contribution in [0.1, 0.15) is 25.5 Å². The molecule has 3 unspecified atom stereocenters. The summed E-state index contributed by atoms with van der Waals surface area (Å²) in [5, 5.41) is 3.53. The monoisotopic (exact) mass is 228 g/mol. The lowest BCUT2D eigenvalue weighted by Gasteiger charge is -2.41. The fraction of sp³-hybridized carbons (Fsp3) is 0.467. The molecule has 0 aromatic heterocycles. The summed E-state index contributed by atoms with van der Waals surface area (Å²) in [6, 6.07) is 11.7. The maximum atomic E-state index is 5.58. The van der Waals surface area contributed by atoms with Gasteiger partial charge in [0.1, 0.15) is 0 Å². The highest BCUT2D eigenvalue weighted by molar-refractivity contribution is 5.21. The van der Waals surface area contributed by atoms with Gasteiger partial charge in [-0.05, 0) is 19.4 Å². The Bertz CT molecular complexity index is 393. The van der Waals surface area contributed by atoms with Gasteiger partial charge in [-0.3, -0.25) is 4.90 Å². The second-order valence-electron chi connectivity index (χ2n) is 4.78. The van der Waals surface area contributed by atoms with E-state index in [1.807, 2.05) is 0 Å². The summed E-state index contributed by atoms with van der Waals surface area (Å²) in [4.78, 5) is 2.41. The van der Waals surface area contributed by atoms with E-state index in [0.717, 1.165) is 13.1 Å². The van der Waals surface area contributed by atoms with Gasteiger partial charge < -0.3 is 5.32 Å². The Morgan fingerprint density at radius 2 is 2.12 bits per heavy atom. The van der Waals surface area contributed by atoms with E-state index in [9.17, 15) is 0 Å². The molecule has 1 aromatic carbocycles. The largest absolute Gasteiger partial charge is 0.311 e. The predicted molar refractivity (Wildman–Crippen MR) is 71.6 cm³/mol. The molecule has 1 heterocycles. The highest BCUT2D eigenvalue weighted by Gasteiger charge is 2.29. The van der Waals surface area contributed by atoms with E-state index in [1.54, 1.807) is 0 Å². The van der Waals surface area contributed by atoms with Gasteiger partial charge in [0.2, 0.25) is 0 Å². The molecule has 17 heavy (non-hydrogen) atoms. The molecule has 2 nitrogen and oxygen atoms in total. The summed E-state index contributed by atoms with van der Waals surface area (Å²) < 4.78 is 0. The first-order valence-electron chi connectivity index (χ1n) is 6.22. The van der Waals surface area contributed by atoms with Gasteiger partial charge in [-0.15, -0.1) is 6.42 Å². The van der Waals surface area contributed by atoms with Gasteiger partial charge in [-0.2, -0.15) is 0 Å². The molecular weight excluding hydrogens is 208 g/mol. The molecule has 0 aliphatic carbocycles. The minimum Gasteiger partial charge on any atom is -0.311 e. The number of terminal acetylenes is 1. The third-order valence-electron chi connectivity index (χ3n) is 3.47. The fourth-order valence-corrected chi connectivity index (χ4v) is 2.45. The Hall–Kier alpha value is -1.30. The third-order valence-corrected chi connectivity index (χ3v) is 3.47. The molecule has 1 N–H and O–H groups in total. The molecule has 1 fully saturated rings. The Kier molecular flexibility index (Phi) is 3.83. The Morgan fingerprint density at radius 1 is 1.41 bits per heavy atom. The van der Waals surface area contributed by atoms with Crippen LogP contribution >= 0.6 is 0 Å². The minimum atomic E-state index is 0.185. The quantitative estimate of drug-likeness (QED) is 0.779. The van der Waals surface area contributed by atoms with Crippen LogP contribution in [0.25, 0.3) is 0 Å². The van der Waals surface area contributed by atoms with Gasteiger partial charge in [0.15, 0.2) is 0 Å². The van der Waals surface area contributed by atoms with E-state index in [-0.39, 0.29) is 6.04 Å². The summed E-state index contributed by atoms with van der Waals surface area (Å²) in [6.07, 6.45) is 5.58. The average Bonchev–Trinajstić information content (AvgIpc) is 2.38. The number of rotatable bonds is 2.